The Morgan fingerprint density at radius 1 is 1.40 bits per heavy atom. The first-order chi connectivity index (χ1) is 9.54. The van der Waals surface area contributed by atoms with Crippen LogP contribution in [0.25, 0.3) is 0 Å². The van der Waals surface area contributed by atoms with Crippen LogP contribution in [0.15, 0.2) is 12.1 Å². The summed E-state index contributed by atoms with van der Waals surface area (Å²) in [7, 11) is 2.89. The SMILES string of the molecule is COc1ccc(CCNC(=O)C(N)CO)c(OC)c1O. The summed E-state index contributed by atoms with van der Waals surface area (Å²) in [6.07, 6.45) is 0.449. The molecule has 0 radical (unpaired) electrons. The number of methoxy groups -OCH3 is 2. The minimum atomic E-state index is -0.929. The fourth-order valence-electron chi connectivity index (χ4n) is 1.72. The monoisotopic (exact) mass is 284 g/mol. The fraction of sp³-hybridized carbons (Fsp3) is 0.462. The van der Waals surface area contributed by atoms with E-state index in [2.05, 4.69) is 5.32 Å². The second kappa shape index (κ2) is 7.56. The van der Waals surface area contributed by atoms with Gasteiger partial charge in [-0.1, -0.05) is 6.07 Å². The van der Waals surface area contributed by atoms with Gasteiger partial charge in [-0.15, -0.1) is 0 Å². The van der Waals surface area contributed by atoms with Crippen LogP contribution in [0.4, 0.5) is 0 Å². The normalized spacial score (nSPS) is 11.8. The van der Waals surface area contributed by atoms with Crippen LogP contribution in [0.3, 0.4) is 0 Å². The largest absolute Gasteiger partial charge is 0.502 e. The molecule has 0 aliphatic carbocycles. The quantitative estimate of drug-likeness (QED) is 0.531. The van der Waals surface area contributed by atoms with Crippen LogP contribution < -0.4 is 20.5 Å². The molecule has 0 fully saturated rings. The summed E-state index contributed by atoms with van der Waals surface area (Å²) in [6, 6.07) is 2.44. The Hall–Kier alpha value is -1.99. The number of nitrogens with two attached hydrogens (primary N) is 1. The van der Waals surface area contributed by atoms with Gasteiger partial charge in [-0.05, 0) is 12.5 Å². The van der Waals surface area contributed by atoms with Crippen LogP contribution in [0, 0.1) is 0 Å². The van der Waals surface area contributed by atoms with Crippen molar-refractivity contribution in [3.05, 3.63) is 17.7 Å². The molecule has 5 N–H and O–H groups in total. The zero-order valence-electron chi connectivity index (χ0n) is 11.5. The van der Waals surface area contributed by atoms with Gasteiger partial charge in [-0.2, -0.15) is 0 Å². The van der Waals surface area contributed by atoms with Crippen molar-refractivity contribution in [3.8, 4) is 17.2 Å². The van der Waals surface area contributed by atoms with Gasteiger partial charge in [-0.3, -0.25) is 4.79 Å². The van der Waals surface area contributed by atoms with E-state index in [4.69, 9.17) is 20.3 Å². The van der Waals surface area contributed by atoms with Crippen LogP contribution in [0.2, 0.25) is 0 Å². The molecule has 1 rings (SSSR count). The maximum Gasteiger partial charge on any atom is 0.239 e. The van der Waals surface area contributed by atoms with Crippen molar-refractivity contribution in [2.24, 2.45) is 5.73 Å². The summed E-state index contributed by atoms with van der Waals surface area (Å²) in [5.41, 5.74) is 6.10. The molecule has 1 aromatic carbocycles. The first-order valence-corrected chi connectivity index (χ1v) is 6.12. The fourth-order valence-corrected chi connectivity index (χ4v) is 1.72. The molecule has 1 aromatic rings. The Balaban J connectivity index is 2.69. The average molecular weight is 284 g/mol. The van der Waals surface area contributed by atoms with Gasteiger partial charge in [-0.25, -0.2) is 0 Å². The molecule has 0 saturated heterocycles. The van der Waals surface area contributed by atoms with E-state index < -0.39 is 18.6 Å². The molecular formula is C13H20N2O5. The summed E-state index contributed by atoms with van der Waals surface area (Å²) in [5, 5.41) is 21.2. The van der Waals surface area contributed by atoms with E-state index in [9.17, 15) is 9.90 Å². The smallest absolute Gasteiger partial charge is 0.239 e. The molecule has 112 valence electrons. The number of carbonyl (C=O) groups is 1. The number of amides is 1. The van der Waals surface area contributed by atoms with Gasteiger partial charge in [0.15, 0.2) is 11.5 Å². The molecule has 0 spiro atoms. The Bertz CT molecular complexity index is 464. The van der Waals surface area contributed by atoms with E-state index in [0.29, 0.717) is 24.5 Å². The number of hydrogen-bond donors (Lipinski definition) is 4. The molecule has 0 saturated carbocycles. The Morgan fingerprint density at radius 3 is 2.65 bits per heavy atom. The molecule has 20 heavy (non-hydrogen) atoms. The molecule has 0 heterocycles. The van der Waals surface area contributed by atoms with Crippen molar-refractivity contribution in [2.75, 3.05) is 27.4 Å². The molecular weight excluding hydrogens is 264 g/mol. The lowest BCUT2D eigenvalue weighted by Crippen LogP contribution is -2.43. The Morgan fingerprint density at radius 2 is 2.10 bits per heavy atom. The summed E-state index contributed by atoms with van der Waals surface area (Å²) in [6.45, 7) is -0.0901. The third-order valence-corrected chi connectivity index (χ3v) is 2.83. The molecule has 1 unspecified atom stereocenters. The van der Waals surface area contributed by atoms with Gasteiger partial charge in [0.05, 0.1) is 20.8 Å². The lowest BCUT2D eigenvalue weighted by Gasteiger charge is -2.14. The van der Waals surface area contributed by atoms with Crippen molar-refractivity contribution < 1.29 is 24.5 Å². The van der Waals surface area contributed by atoms with Crippen LogP contribution in [-0.4, -0.2) is 49.5 Å². The highest BCUT2D eigenvalue weighted by atomic mass is 16.5. The number of aliphatic hydroxyl groups is 1. The first kappa shape index (κ1) is 16.1. The molecule has 0 bridgehead atoms. The minimum Gasteiger partial charge on any atom is -0.502 e. The summed E-state index contributed by atoms with van der Waals surface area (Å²) in [4.78, 5) is 11.4. The van der Waals surface area contributed by atoms with Crippen LogP contribution in [0.5, 0.6) is 17.2 Å². The number of benzene rings is 1. The number of hydrogen-bond acceptors (Lipinski definition) is 6. The molecule has 0 aliphatic heterocycles. The second-order valence-corrected chi connectivity index (χ2v) is 4.14. The Kier molecular flexibility index (Phi) is 6.08. The summed E-state index contributed by atoms with van der Waals surface area (Å²) < 4.78 is 10.1. The Labute approximate surface area is 117 Å². The number of nitrogens with one attached hydrogen (secondary N) is 1. The lowest BCUT2D eigenvalue weighted by atomic mass is 10.1. The van der Waals surface area contributed by atoms with Gasteiger partial charge >= 0.3 is 0 Å². The van der Waals surface area contributed by atoms with Crippen molar-refractivity contribution in [1.29, 1.82) is 0 Å². The van der Waals surface area contributed by atoms with E-state index in [0.717, 1.165) is 5.56 Å². The molecule has 1 atom stereocenters. The average Bonchev–Trinajstić information content (AvgIpc) is 2.46. The van der Waals surface area contributed by atoms with Crippen LogP contribution >= 0.6 is 0 Å². The van der Waals surface area contributed by atoms with Crippen LogP contribution in [0.1, 0.15) is 5.56 Å². The summed E-state index contributed by atoms with van der Waals surface area (Å²) >= 11 is 0. The van der Waals surface area contributed by atoms with Gasteiger partial charge in [0.1, 0.15) is 6.04 Å². The maximum absolute atomic E-state index is 11.4. The zero-order valence-corrected chi connectivity index (χ0v) is 11.5. The highest BCUT2D eigenvalue weighted by Gasteiger charge is 2.15. The van der Waals surface area contributed by atoms with Crippen molar-refractivity contribution in [3.63, 3.8) is 0 Å². The number of carbonyl (C=O) groups excluding carboxylic acids is 1. The third-order valence-electron chi connectivity index (χ3n) is 2.83. The minimum absolute atomic E-state index is 0.0779. The predicted octanol–water partition coefficient (Wildman–Crippen LogP) is -0.612. The maximum atomic E-state index is 11.4. The van der Waals surface area contributed by atoms with Crippen molar-refractivity contribution in [2.45, 2.75) is 12.5 Å². The van der Waals surface area contributed by atoms with Gasteiger partial charge in [0, 0.05) is 12.1 Å². The van der Waals surface area contributed by atoms with E-state index in [-0.39, 0.29) is 5.75 Å². The number of ether oxygens (including phenoxy) is 2. The van der Waals surface area contributed by atoms with Crippen molar-refractivity contribution in [1.82, 2.24) is 5.32 Å². The van der Waals surface area contributed by atoms with E-state index >= 15 is 0 Å². The van der Waals surface area contributed by atoms with E-state index in [1.807, 2.05) is 0 Å². The highest BCUT2D eigenvalue weighted by molar-refractivity contribution is 5.81. The summed E-state index contributed by atoms with van der Waals surface area (Å²) in [5.74, 6) is 0.122. The number of aliphatic hydroxyl groups excluding tert-OH is 1. The molecule has 7 heteroatoms. The number of phenolic OH excluding ortho intramolecular Hbond substituents is 1. The predicted molar refractivity (Wildman–Crippen MR) is 73.0 cm³/mol. The molecule has 0 aliphatic rings. The van der Waals surface area contributed by atoms with Gasteiger partial charge in [0.25, 0.3) is 0 Å². The number of phenols is 1. The van der Waals surface area contributed by atoms with Gasteiger partial charge < -0.3 is 30.7 Å². The van der Waals surface area contributed by atoms with Crippen LogP contribution in [-0.2, 0) is 11.2 Å². The molecule has 0 aromatic heterocycles. The first-order valence-electron chi connectivity index (χ1n) is 6.12. The second-order valence-electron chi connectivity index (χ2n) is 4.14. The topological polar surface area (TPSA) is 114 Å². The number of aromatic hydroxyl groups is 1. The van der Waals surface area contributed by atoms with Crippen molar-refractivity contribution >= 4 is 5.91 Å². The molecule has 7 nitrogen and oxygen atoms in total. The third kappa shape index (κ3) is 3.75. The molecule has 1 amide bonds. The number of rotatable bonds is 7. The lowest BCUT2D eigenvalue weighted by molar-refractivity contribution is -0.123. The standard InChI is InChI=1S/C13H20N2O5/c1-19-10-4-3-8(12(20-2)11(10)17)5-6-15-13(18)9(14)7-16/h3-4,9,16-17H,5-7,14H2,1-2H3,(H,15,18). The van der Waals surface area contributed by atoms with Gasteiger partial charge in [0.2, 0.25) is 11.7 Å². The van der Waals surface area contributed by atoms with E-state index in [1.54, 1.807) is 12.1 Å². The zero-order chi connectivity index (χ0) is 15.1. The van der Waals surface area contributed by atoms with E-state index in [1.165, 1.54) is 14.2 Å². The highest BCUT2D eigenvalue weighted by Crippen LogP contribution is 2.38.